The van der Waals surface area contributed by atoms with Gasteiger partial charge in [-0.05, 0) is 12.1 Å². The predicted molar refractivity (Wildman–Crippen MR) is 53.5 cm³/mol. The smallest absolute Gasteiger partial charge is 0.250 e. The molecule has 1 N–H and O–H groups in total. The van der Waals surface area contributed by atoms with Crippen LogP contribution in [-0.2, 0) is 0 Å². The fourth-order valence-electron chi connectivity index (χ4n) is 1.72. The van der Waals surface area contributed by atoms with E-state index in [1.807, 2.05) is 24.3 Å². The van der Waals surface area contributed by atoms with Gasteiger partial charge in [0.1, 0.15) is 5.65 Å². The highest BCUT2D eigenvalue weighted by molar-refractivity contribution is 6.05. The van der Waals surface area contributed by atoms with Crippen LogP contribution >= 0.6 is 0 Å². The number of aromatic amines is 1. The minimum Gasteiger partial charge on any atom is -0.339 e. The average Bonchev–Trinajstić information content (AvgIpc) is 2.57. The van der Waals surface area contributed by atoms with E-state index in [0.29, 0.717) is 11.0 Å². The molecule has 0 aliphatic heterocycles. The summed E-state index contributed by atoms with van der Waals surface area (Å²) in [5.74, 6) is -2.00. The highest BCUT2D eigenvalue weighted by atomic mass is 19.2. The molecule has 0 spiro atoms. The zero-order chi connectivity index (χ0) is 10.4. The van der Waals surface area contributed by atoms with Gasteiger partial charge in [0.05, 0.1) is 0 Å². The fourth-order valence-corrected chi connectivity index (χ4v) is 1.72. The van der Waals surface area contributed by atoms with Gasteiger partial charge >= 0.3 is 0 Å². The third-order valence-corrected chi connectivity index (χ3v) is 2.40. The normalized spacial score (nSPS) is 11.3. The molecule has 1 aromatic carbocycles. The summed E-state index contributed by atoms with van der Waals surface area (Å²) in [6.07, 6.45) is 0. The Morgan fingerprint density at radius 3 is 2.73 bits per heavy atom. The summed E-state index contributed by atoms with van der Waals surface area (Å²) in [7, 11) is 0. The first kappa shape index (κ1) is 8.35. The SMILES string of the molecule is Fc1cc2c(nc1F)[nH]c1ccccc12. The maximum Gasteiger partial charge on any atom is 0.250 e. The monoisotopic (exact) mass is 204 g/mol. The second-order valence-electron chi connectivity index (χ2n) is 3.33. The van der Waals surface area contributed by atoms with Crippen LogP contribution in [-0.4, -0.2) is 9.97 Å². The fraction of sp³-hybridized carbons (Fsp3) is 0. The van der Waals surface area contributed by atoms with Crippen molar-refractivity contribution in [2.24, 2.45) is 0 Å². The first-order valence-electron chi connectivity index (χ1n) is 4.48. The number of fused-ring (bicyclic) bond motifs is 3. The first-order valence-corrected chi connectivity index (χ1v) is 4.48. The lowest BCUT2D eigenvalue weighted by Gasteiger charge is -1.92. The summed E-state index contributed by atoms with van der Waals surface area (Å²) in [5, 5.41) is 1.45. The van der Waals surface area contributed by atoms with Crippen LogP contribution in [0.2, 0.25) is 0 Å². The van der Waals surface area contributed by atoms with Crippen molar-refractivity contribution in [2.45, 2.75) is 0 Å². The molecule has 0 amide bonds. The number of rotatable bonds is 0. The van der Waals surface area contributed by atoms with Crippen LogP contribution in [0.4, 0.5) is 8.78 Å². The van der Waals surface area contributed by atoms with E-state index in [9.17, 15) is 8.78 Å². The Bertz CT molecular complexity index is 658. The van der Waals surface area contributed by atoms with E-state index in [1.54, 1.807) is 0 Å². The Labute approximate surface area is 83.6 Å². The van der Waals surface area contributed by atoms with E-state index in [4.69, 9.17) is 0 Å². The Morgan fingerprint density at radius 2 is 1.87 bits per heavy atom. The molecule has 3 aromatic rings. The number of benzene rings is 1. The summed E-state index contributed by atoms with van der Waals surface area (Å²) in [5.41, 5.74) is 1.19. The molecule has 0 aliphatic rings. The van der Waals surface area contributed by atoms with Gasteiger partial charge in [0, 0.05) is 16.3 Å². The predicted octanol–water partition coefficient (Wildman–Crippen LogP) is 2.99. The largest absolute Gasteiger partial charge is 0.339 e. The third kappa shape index (κ3) is 1.11. The maximum atomic E-state index is 13.0. The minimum absolute atomic E-state index is 0.370. The van der Waals surface area contributed by atoms with Crippen molar-refractivity contribution in [3.8, 4) is 0 Å². The molecule has 2 heterocycles. The van der Waals surface area contributed by atoms with Crippen molar-refractivity contribution in [3.63, 3.8) is 0 Å². The van der Waals surface area contributed by atoms with Crippen molar-refractivity contribution >= 4 is 21.9 Å². The number of H-pyrrole nitrogens is 1. The topological polar surface area (TPSA) is 28.7 Å². The van der Waals surface area contributed by atoms with Gasteiger partial charge in [0.15, 0.2) is 5.82 Å². The molecular weight excluding hydrogens is 198 g/mol. The summed E-state index contributed by atoms with van der Waals surface area (Å²) in [4.78, 5) is 6.44. The van der Waals surface area contributed by atoms with E-state index >= 15 is 0 Å². The Balaban J connectivity index is 2.56. The van der Waals surface area contributed by atoms with E-state index in [0.717, 1.165) is 17.0 Å². The second-order valence-corrected chi connectivity index (χ2v) is 3.33. The van der Waals surface area contributed by atoms with Crippen LogP contribution in [0.1, 0.15) is 0 Å². The van der Waals surface area contributed by atoms with E-state index < -0.39 is 11.8 Å². The van der Waals surface area contributed by atoms with Gasteiger partial charge in [-0.3, -0.25) is 0 Å². The summed E-state index contributed by atoms with van der Waals surface area (Å²) < 4.78 is 25.9. The minimum atomic E-state index is -1.07. The Morgan fingerprint density at radius 1 is 1.07 bits per heavy atom. The number of nitrogens with zero attached hydrogens (tertiary/aromatic N) is 1. The lowest BCUT2D eigenvalue weighted by molar-refractivity contribution is 0.483. The van der Waals surface area contributed by atoms with Crippen LogP contribution < -0.4 is 0 Å². The van der Waals surface area contributed by atoms with Crippen LogP contribution in [0.3, 0.4) is 0 Å². The summed E-state index contributed by atoms with van der Waals surface area (Å²) in [6.45, 7) is 0. The number of hydrogen-bond acceptors (Lipinski definition) is 1. The van der Waals surface area contributed by atoms with Crippen LogP contribution in [0, 0.1) is 11.8 Å². The van der Waals surface area contributed by atoms with Crippen LogP contribution in [0.25, 0.3) is 21.9 Å². The van der Waals surface area contributed by atoms with Crippen molar-refractivity contribution in [1.82, 2.24) is 9.97 Å². The number of nitrogens with one attached hydrogen (secondary N) is 1. The molecule has 0 radical (unpaired) electrons. The summed E-state index contributed by atoms with van der Waals surface area (Å²) >= 11 is 0. The molecule has 0 saturated carbocycles. The quantitative estimate of drug-likeness (QED) is 0.560. The number of aromatic nitrogens is 2. The van der Waals surface area contributed by atoms with Crippen molar-refractivity contribution in [3.05, 3.63) is 42.1 Å². The molecule has 2 nitrogen and oxygen atoms in total. The zero-order valence-electron chi connectivity index (χ0n) is 7.59. The van der Waals surface area contributed by atoms with E-state index in [-0.39, 0.29) is 0 Å². The highest BCUT2D eigenvalue weighted by Crippen LogP contribution is 2.24. The number of hydrogen-bond donors (Lipinski definition) is 1. The molecule has 2 aromatic heterocycles. The van der Waals surface area contributed by atoms with Crippen LogP contribution in [0.5, 0.6) is 0 Å². The molecule has 0 unspecified atom stereocenters. The van der Waals surface area contributed by atoms with Crippen molar-refractivity contribution in [1.29, 1.82) is 0 Å². The van der Waals surface area contributed by atoms with Gasteiger partial charge in [-0.2, -0.15) is 9.37 Å². The number of pyridine rings is 1. The molecule has 4 heteroatoms. The molecule has 15 heavy (non-hydrogen) atoms. The van der Waals surface area contributed by atoms with Gasteiger partial charge in [0.25, 0.3) is 5.95 Å². The van der Waals surface area contributed by atoms with Crippen molar-refractivity contribution < 1.29 is 8.78 Å². The van der Waals surface area contributed by atoms with E-state index in [1.165, 1.54) is 0 Å². The molecule has 0 atom stereocenters. The maximum absolute atomic E-state index is 13.0. The number of para-hydroxylation sites is 1. The Hall–Kier alpha value is -1.97. The Kier molecular flexibility index (Phi) is 1.54. The van der Waals surface area contributed by atoms with Crippen LogP contribution in [0.15, 0.2) is 30.3 Å². The molecule has 0 bridgehead atoms. The lowest BCUT2D eigenvalue weighted by Crippen LogP contribution is -1.88. The molecular formula is C11H6F2N2. The zero-order valence-corrected chi connectivity index (χ0v) is 7.59. The molecule has 0 saturated heterocycles. The molecule has 74 valence electrons. The van der Waals surface area contributed by atoms with Gasteiger partial charge < -0.3 is 4.98 Å². The highest BCUT2D eigenvalue weighted by Gasteiger charge is 2.09. The van der Waals surface area contributed by atoms with Gasteiger partial charge in [-0.1, -0.05) is 18.2 Å². The van der Waals surface area contributed by atoms with Gasteiger partial charge in [-0.25, -0.2) is 4.39 Å². The van der Waals surface area contributed by atoms with Gasteiger partial charge in [0.2, 0.25) is 0 Å². The molecule has 0 aliphatic carbocycles. The molecule has 3 rings (SSSR count). The average molecular weight is 204 g/mol. The lowest BCUT2D eigenvalue weighted by atomic mass is 10.2. The van der Waals surface area contributed by atoms with Gasteiger partial charge in [-0.15, -0.1) is 0 Å². The number of halogens is 2. The van der Waals surface area contributed by atoms with E-state index in [2.05, 4.69) is 9.97 Å². The third-order valence-electron chi connectivity index (χ3n) is 2.40. The van der Waals surface area contributed by atoms with Crippen molar-refractivity contribution in [2.75, 3.05) is 0 Å². The standard InChI is InChI=1S/C11H6F2N2/c12-8-5-7-6-3-1-2-4-9(6)14-11(7)15-10(8)13/h1-5H,(H,14,15). The second kappa shape index (κ2) is 2.76. The summed E-state index contributed by atoms with van der Waals surface area (Å²) in [6, 6.07) is 8.54. The first-order chi connectivity index (χ1) is 7.25. The molecule has 0 fully saturated rings.